The fourth-order valence-electron chi connectivity index (χ4n) is 2.89. The summed E-state index contributed by atoms with van der Waals surface area (Å²) < 4.78 is 0. The Morgan fingerprint density at radius 1 is 1.52 bits per heavy atom. The molecule has 1 N–H and O–H groups in total. The third-order valence-electron chi connectivity index (χ3n) is 4.10. The molecule has 0 amide bonds. The fourth-order valence-corrected chi connectivity index (χ4v) is 2.89. The lowest BCUT2D eigenvalue weighted by Gasteiger charge is -2.43. The monoisotopic (exact) mass is 287 g/mol. The second kappa shape index (κ2) is 8.87. The molecule has 2 nitrogen and oxygen atoms in total. The molecular weight excluding hydrogens is 258 g/mol. The summed E-state index contributed by atoms with van der Waals surface area (Å²) in [5.74, 6) is 5.96. The van der Waals surface area contributed by atoms with Crippen LogP contribution in [0.4, 0.5) is 0 Å². The van der Waals surface area contributed by atoms with E-state index in [1.54, 1.807) is 0 Å². The van der Waals surface area contributed by atoms with E-state index in [2.05, 4.69) is 55.4 Å². The number of likely N-dealkylation sites (tertiary alicyclic amines) is 1. The van der Waals surface area contributed by atoms with E-state index in [0.717, 1.165) is 37.9 Å². The Morgan fingerprint density at radius 3 is 2.86 bits per heavy atom. The van der Waals surface area contributed by atoms with Gasteiger partial charge in [0.25, 0.3) is 0 Å². The molecule has 1 rings (SSSR count). The van der Waals surface area contributed by atoms with E-state index in [1.165, 1.54) is 0 Å². The lowest BCUT2D eigenvalue weighted by Crippen LogP contribution is -2.50. The van der Waals surface area contributed by atoms with Crippen LogP contribution in [0, 0.1) is 11.8 Å². The molecule has 1 aliphatic rings. The van der Waals surface area contributed by atoms with Crippen molar-refractivity contribution in [2.75, 3.05) is 13.1 Å². The summed E-state index contributed by atoms with van der Waals surface area (Å²) in [6.07, 6.45) is 11.4. The maximum Gasteiger partial charge on any atom is 0.0920 e. The molecule has 1 saturated heterocycles. The predicted molar refractivity (Wildman–Crippen MR) is 91.0 cm³/mol. The minimum Gasteiger partial charge on any atom is -0.385 e. The van der Waals surface area contributed by atoms with Crippen molar-refractivity contribution in [2.45, 2.75) is 58.1 Å². The van der Waals surface area contributed by atoms with Crippen LogP contribution in [-0.4, -0.2) is 34.7 Å². The highest BCUT2D eigenvalue weighted by molar-refractivity contribution is 5.31. The summed E-state index contributed by atoms with van der Waals surface area (Å²) in [4.78, 5) is 2.37. The maximum absolute atomic E-state index is 11.1. The van der Waals surface area contributed by atoms with Gasteiger partial charge in [-0.05, 0) is 38.7 Å². The van der Waals surface area contributed by atoms with Gasteiger partial charge in [-0.1, -0.05) is 37.1 Å². The van der Waals surface area contributed by atoms with E-state index in [-0.39, 0.29) is 0 Å². The molecule has 1 unspecified atom stereocenters. The maximum atomic E-state index is 11.1. The van der Waals surface area contributed by atoms with Crippen LogP contribution in [0.3, 0.4) is 0 Å². The number of nitrogens with zero attached hydrogens (tertiary/aromatic N) is 1. The summed E-state index contributed by atoms with van der Waals surface area (Å²) >= 11 is 0. The molecule has 0 saturated carbocycles. The van der Waals surface area contributed by atoms with Gasteiger partial charge in [-0.3, -0.25) is 4.90 Å². The van der Waals surface area contributed by atoms with Crippen molar-refractivity contribution < 1.29 is 5.11 Å². The summed E-state index contributed by atoms with van der Waals surface area (Å²) in [5, 5.41) is 11.1. The van der Waals surface area contributed by atoms with E-state index in [0.29, 0.717) is 12.5 Å². The number of piperidine rings is 1. The van der Waals surface area contributed by atoms with E-state index < -0.39 is 5.60 Å². The molecule has 2 atom stereocenters. The number of rotatable bonds is 6. The van der Waals surface area contributed by atoms with Gasteiger partial charge in [0.2, 0.25) is 0 Å². The highest BCUT2D eigenvalue weighted by Crippen LogP contribution is 2.34. The second-order valence-electron chi connectivity index (χ2n) is 5.72. The van der Waals surface area contributed by atoms with E-state index in [1.807, 2.05) is 13.0 Å². The fraction of sp³-hybridized carbons (Fsp3) is 0.579. The van der Waals surface area contributed by atoms with Crippen LogP contribution >= 0.6 is 0 Å². The third kappa shape index (κ3) is 5.19. The van der Waals surface area contributed by atoms with Crippen LogP contribution in [0.15, 0.2) is 36.5 Å². The largest absolute Gasteiger partial charge is 0.385 e. The van der Waals surface area contributed by atoms with E-state index >= 15 is 0 Å². The van der Waals surface area contributed by atoms with Crippen molar-refractivity contribution >= 4 is 0 Å². The third-order valence-corrected chi connectivity index (χ3v) is 4.10. The molecule has 1 heterocycles. The summed E-state index contributed by atoms with van der Waals surface area (Å²) in [5.41, 5.74) is 0.301. The van der Waals surface area contributed by atoms with Crippen molar-refractivity contribution in [3.63, 3.8) is 0 Å². The molecule has 0 radical (unpaired) electrons. The molecule has 1 aliphatic heterocycles. The quantitative estimate of drug-likeness (QED) is 0.457. The van der Waals surface area contributed by atoms with Crippen molar-refractivity contribution in [1.29, 1.82) is 0 Å². The van der Waals surface area contributed by atoms with Gasteiger partial charge in [0.15, 0.2) is 0 Å². The zero-order valence-electron chi connectivity index (χ0n) is 13.7. The van der Waals surface area contributed by atoms with Gasteiger partial charge in [-0.15, -0.1) is 12.5 Å². The van der Waals surface area contributed by atoms with Gasteiger partial charge >= 0.3 is 0 Å². The topological polar surface area (TPSA) is 23.5 Å². The SMILES string of the molecule is C=CCN1CCC(O)(C(/C=C\CC)=C/CC#CC)C[C@@H]1C. The van der Waals surface area contributed by atoms with Gasteiger partial charge in [-0.2, -0.15) is 0 Å². The Bertz CT molecular complexity index is 452. The smallest absolute Gasteiger partial charge is 0.0920 e. The van der Waals surface area contributed by atoms with Crippen molar-refractivity contribution in [2.24, 2.45) is 0 Å². The molecule has 1 fully saturated rings. The standard InChI is InChI=1S/C19H29NO/c1-5-8-10-12-18(11-9-6-2)19(21)13-15-20(14-7-3)17(4)16-19/h7,9,11-12,17,21H,3,6,10,13-16H2,1-2,4H3/b11-9-,18-12+/t17-,19?/m0/s1. The summed E-state index contributed by atoms with van der Waals surface area (Å²) in [6, 6.07) is 0.359. The first-order chi connectivity index (χ1) is 10.1. The Balaban J connectivity index is 2.89. The zero-order chi connectivity index (χ0) is 15.7. The second-order valence-corrected chi connectivity index (χ2v) is 5.72. The van der Waals surface area contributed by atoms with Crippen LogP contribution in [0.2, 0.25) is 0 Å². The first-order valence-electron chi connectivity index (χ1n) is 7.91. The molecule has 0 spiro atoms. The molecule has 0 aromatic carbocycles. The van der Waals surface area contributed by atoms with Gasteiger partial charge in [0.1, 0.15) is 0 Å². The molecular formula is C19H29NO. The van der Waals surface area contributed by atoms with Gasteiger partial charge in [0.05, 0.1) is 5.60 Å². The highest BCUT2D eigenvalue weighted by atomic mass is 16.3. The molecule has 0 aromatic rings. The van der Waals surface area contributed by atoms with Crippen LogP contribution in [0.1, 0.15) is 46.5 Å². The van der Waals surface area contributed by atoms with E-state index in [9.17, 15) is 5.11 Å². The lowest BCUT2D eigenvalue weighted by molar-refractivity contribution is -0.00934. The Hall–Kier alpha value is -1.30. The van der Waals surface area contributed by atoms with Crippen LogP contribution in [0.5, 0.6) is 0 Å². The minimum absolute atomic E-state index is 0.359. The van der Waals surface area contributed by atoms with Gasteiger partial charge in [0, 0.05) is 25.6 Å². The molecule has 116 valence electrons. The predicted octanol–water partition coefficient (Wildman–Crippen LogP) is 3.69. The molecule has 0 aromatic heterocycles. The Morgan fingerprint density at radius 2 is 2.29 bits per heavy atom. The highest BCUT2D eigenvalue weighted by Gasteiger charge is 2.37. The summed E-state index contributed by atoms with van der Waals surface area (Å²) in [7, 11) is 0. The van der Waals surface area contributed by atoms with Crippen molar-refractivity contribution in [3.8, 4) is 11.8 Å². The van der Waals surface area contributed by atoms with Crippen LogP contribution < -0.4 is 0 Å². The summed E-state index contributed by atoms with van der Waals surface area (Å²) in [6.45, 7) is 11.7. The Kier molecular flexibility index (Phi) is 7.50. The van der Waals surface area contributed by atoms with Crippen LogP contribution in [-0.2, 0) is 0 Å². The number of aliphatic hydroxyl groups is 1. The minimum atomic E-state index is -0.724. The van der Waals surface area contributed by atoms with Gasteiger partial charge < -0.3 is 5.11 Å². The van der Waals surface area contributed by atoms with Crippen molar-refractivity contribution in [1.82, 2.24) is 4.90 Å². The number of hydrogen-bond acceptors (Lipinski definition) is 2. The molecule has 2 heteroatoms. The van der Waals surface area contributed by atoms with Gasteiger partial charge in [-0.25, -0.2) is 0 Å². The van der Waals surface area contributed by atoms with E-state index in [4.69, 9.17) is 0 Å². The molecule has 0 bridgehead atoms. The average molecular weight is 287 g/mol. The number of hydrogen-bond donors (Lipinski definition) is 1. The van der Waals surface area contributed by atoms with Crippen LogP contribution in [0.25, 0.3) is 0 Å². The normalized spacial score (nSPS) is 27.4. The zero-order valence-corrected chi connectivity index (χ0v) is 13.7. The first-order valence-corrected chi connectivity index (χ1v) is 7.91. The average Bonchev–Trinajstić information content (AvgIpc) is 2.46. The Labute approximate surface area is 130 Å². The molecule has 21 heavy (non-hydrogen) atoms. The molecule has 0 aliphatic carbocycles. The first kappa shape index (κ1) is 17.8. The lowest BCUT2D eigenvalue weighted by atomic mass is 9.80. The number of allylic oxidation sites excluding steroid dienone is 2. The van der Waals surface area contributed by atoms with Crippen molar-refractivity contribution in [3.05, 3.63) is 36.5 Å².